The van der Waals surface area contributed by atoms with Gasteiger partial charge in [-0.3, -0.25) is 9.36 Å². The van der Waals surface area contributed by atoms with Crippen LogP contribution in [-0.4, -0.2) is 32.0 Å². The summed E-state index contributed by atoms with van der Waals surface area (Å²) in [6, 6.07) is 0. The van der Waals surface area contributed by atoms with Crippen LogP contribution in [0, 0.1) is 0 Å². The van der Waals surface area contributed by atoms with E-state index >= 15 is 0 Å². The molecule has 0 heterocycles. The first-order valence-electron chi connectivity index (χ1n) is 5.61. The zero-order valence-corrected chi connectivity index (χ0v) is 11.1. The molecule has 0 unspecified atom stereocenters. The molecule has 0 aliphatic carbocycles. The van der Waals surface area contributed by atoms with E-state index in [1.807, 2.05) is 6.92 Å². The van der Waals surface area contributed by atoms with E-state index in [-0.39, 0.29) is 18.7 Å². The van der Waals surface area contributed by atoms with Crippen LogP contribution in [0.3, 0.4) is 0 Å². The average Bonchev–Trinajstić information content (AvgIpc) is 2.18. The highest BCUT2D eigenvalue weighted by Gasteiger charge is 2.23. The highest BCUT2D eigenvalue weighted by molar-refractivity contribution is 7.53. The Labute approximate surface area is 97.0 Å². The maximum absolute atomic E-state index is 11.9. The van der Waals surface area contributed by atoms with Crippen molar-refractivity contribution in [1.82, 2.24) is 0 Å². The van der Waals surface area contributed by atoms with Gasteiger partial charge in [-0.2, -0.15) is 0 Å². The summed E-state index contributed by atoms with van der Waals surface area (Å²) in [4.78, 5) is 11.1. The highest BCUT2D eigenvalue weighted by Crippen LogP contribution is 2.47. The zero-order valence-electron chi connectivity index (χ0n) is 10.2. The van der Waals surface area contributed by atoms with Gasteiger partial charge >= 0.3 is 13.6 Å². The second-order valence-electron chi connectivity index (χ2n) is 3.14. The monoisotopic (exact) mass is 252 g/mol. The van der Waals surface area contributed by atoms with Gasteiger partial charge in [-0.25, -0.2) is 0 Å². The third-order valence-corrected chi connectivity index (χ3v) is 3.77. The van der Waals surface area contributed by atoms with Gasteiger partial charge in [0.05, 0.1) is 19.4 Å². The summed E-state index contributed by atoms with van der Waals surface area (Å²) < 4.78 is 26.9. The molecule has 0 N–H and O–H groups in total. The molecule has 0 spiro atoms. The van der Waals surface area contributed by atoms with Crippen LogP contribution < -0.4 is 0 Å². The third kappa shape index (κ3) is 6.99. The van der Waals surface area contributed by atoms with Gasteiger partial charge in [0.15, 0.2) is 0 Å². The lowest BCUT2D eigenvalue weighted by Crippen LogP contribution is -2.10. The van der Waals surface area contributed by atoms with E-state index in [4.69, 9.17) is 13.8 Å². The van der Waals surface area contributed by atoms with E-state index in [1.165, 1.54) is 0 Å². The van der Waals surface area contributed by atoms with Crippen molar-refractivity contribution >= 4 is 13.6 Å². The van der Waals surface area contributed by atoms with E-state index in [1.54, 1.807) is 13.8 Å². The van der Waals surface area contributed by atoms with Gasteiger partial charge in [0.25, 0.3) is 0 Å². The molecule has 0 aromatic rings. The van der Waals surface area contributed by atoms with Crippen LogP contribution in [0.15, 0.2) is 0 Å². The molecule has 0 radical (unpaired) electrons. The van der Waals surface area contributed by atoms with Crippen molar-refractivity contribution in [2.75, 3.05) is 26.0 Å². The van der Waals surface area contributed by atoms with E-state index < -0.39 is 7.60 Å². The van der Waals surface area contributed by atoms with Gasteiger partial charge in [0, 0.05) is 6.42 Å². The Morgan fingerprint density at radius 1 is 1.12 bits per heavy atom. The number of carbonyl (C=O) groups is 1. The van der Waals surface area contributed by atoms with Gasteiger partial charge in [0.2, 0.25) is 0 Å². The molecule has 6 heteroatoms. The van der Waals surface area contributed by atoms with Crippen molar-refractivity contribution in [3.05, 3.63) is 0 Å². The smallest absolute Gasteiger partial charge is 0.334 e. The lowest BCUT2D eigenvalue weighted by Gasteiger charge is -2.16. The molecule has 0 saturated carbocycles. The van der Waals surface area contributed by atoms with Crippen LogP contribution >= 0.6 is 7.60 Å². The van der Waals surface area contributed by atoms with Crippen LogP contribution in [0.1, 0.15) is 33.6 Å². The lowest BCUT2D eigenvalue weighted by molar-refractivity contribution is -0.143. The topological polar surface area (TPSA) is 61.8 Å². The minimum absolute atomic E-state index is 0.0795. The number of hydrogen-bond acceptors (Lipinski definition) is 5. The van der Waals surface area contributed by atoms with Crippen molar-refractivity contribution in [3.8, 4) is 0 Å². The second-order valence-corrected chi connectivity index (χ2v) is 5.33. The van der Waals surface area contributed by atoms with Gasteiger partial charge in [-0.1, -0.05) is 6.92 Å². The van der Waals surface area contributed by atoms with E-state index in [0.29, 0.717) is 19.6 Å². The first-order valence-corrected chi connectivity index (χ1v) is 7.34. The number of rotatable bonds is 9. The summed E-state index contributed by atoms with van der Waals surface area (Å²) in [5, 5.41) is 0. The molecule has 0 atom stereocenters. The summed E-state index contributed by atoms with van der Waals surface area (Å²) >= 11 is 0. The Kier molecular flexibility index (Phi) is 8.53. The zero-order chi connectivity index (χ0) is 12.4. The molecule has 5 nitrogen and oxygen atoms in total. The first-order chi connectivity index (χ1) is 7.58. The molecule has 16 heavy (non-hydrogen) atoms. The fraction of sp³-hybridized carbons (Fsp3) is 0.900. The number of carbonyl (C=O) groups excluding carboxylic acids is 1. The van der Waals surface area contributed by atoms with Gasteiger partial charge < -0.3 is 13.8 Å². The molecular weight excluding hydrogens is 231 g/mol. The third-order valence-electron chi connectivity index (χ3n) is 1.73. The van der Waals surface area contributed by atoms with E-state index in [9.17, 15) is 9.36 Å². The predicted octanol–water partition coefficient (Wildman–Crippen LogP) is 2.60. The van der Waals surface area contributed by atoms with Crippen LogP contribution in [0.25, 0.3) is 0 Å². The highest BCUT2D eigenvalue weighted by atomic mass is 31.2. The Bertz CT molecular complexity index is 231. The summed E-state index contributed by atoms with van der Waals surface area (Å²) in [5.74, 6) is -0.276. The molecule has 0 aromatic carbocycles. The van der Waals surface area contributed by atoms with Gasteiger partial charge in [0.1, 0.15) is 6.61 Å². The number of ether oxygens (including phenoxy) is 1. The largest absolute Gasteiger partial charge is 0.465 e. The fourth-order valence-electron chi connectivity index (χ4n) is 1.11. The number of hydrogen-bond donors (Lipinski definition) is 0. The second kappa shape index (κ2) is 8.74. The first kappa shape index (κ1) is 15.6. The van der Waals surface area contributed by atoms with Gasteiger partial charge in [-0.15, -0.1) is 0 Å². The standard InChI is InChI=1S/C10H21O5P/c1-4-7-10(11)13-8-9-16(12,14-5-2)15-6-3/h4-9H2,1-3H3. The molecule has 0 aliphatic heterocycles. The van der Waals surface area contributed by atoms with Crippen molar-refractivity contribution < 1.29 is 23.1 Å². The average molecular weight is 252 g/mol. The van der Waals surface area contributed by atoms with Crippen molar-refractivity contribution in [3.63, 3.8) is 0 Å². The minimum atomic E-state index is -3.07. The van der Waals surface area contributed by atoms with Crippen molar-refractivity contribution in [1.29, 1.82) is 0 Å². The predicted molar refractivity (Wildman–Crippen MR) is 61.6 cm³/mol. The Balaban J connectivity index is 3.93. The Morgan fingerprint density at radius 2 is 1.69 bits per heavy atom. The van der Waals surface area contributed by atoms with Crippen molar-refractivity contribution in [2.45, 2.75) is 33.6 Å². The molecule has 0 bridgehead atoms. The van der Waals surface area contributed by atoms with Crippen LogP contribution in [0.2, 0.25) is 0 Å². The molecule has 0 rings (SSSR count). The maximum atomic E-state index is 11.9. The van der Waals surface area contributed by atoms with Crippen LogP contribution in [-0.2, 0) is 23.1 Å². The molecule has 0 saturated heterocycles. The lowest BCUT2D eigenvalue weighted by atomic mass is 10.3. The fourth-order valence-corrected chi connectivity index (χ4v) is 2.54. The van der Waals surface area contributed by atoms with Gasteiger partial charge in [-0.05, 0) is 20.3 Å². The van der Waals surface area contributed by atoms with E-state index in [2.05, 4.69) is 0 Å². The van der Waals surface area contributed by atoms with Crippen LogP contribution in [0.5, 0.6) is 0 Å². The SMILES string of the molecule is CCCC(=O)OCCP(=O)(OCC)OCC. The Morgan fingerprint density at radius 3 is 2.12 bits per heavy atom. The summed E-state index contributed by atoms with van der Waals surface area (Å²) in [6.45, 7) is 6.10. The molecular formula is C10H21O5P. The molecule has 0 aromatic heterocycles. The molecule has 0 aliphatic rings. The molecule has 0 amide bonds. The minimum Gasteiger partial charge on any atom is -0.465 e. The van der Waals surface area contributed by atoms with Crippen molar-refractivity contribution in [2.24, 2.45) is 0 Å². The maximum Gasteiger partial charge on any atom is 0.334 e. The summed E-state index contributed by atoms with van der Waals surface area (Å²) in [6.07, 6.45) is 1.24. The molecule has 96 valence electrons. The van der Waals surface area contributed by atoms with E-state index in [0.717, 1.165) is 6.42 Å². The Hall–Kier alpha value is -0.380. The normalized spacial score (nSPS) is 11.4. The summed E-state index contributed by atoms with van der Waals surface area (Å²) in [5.41, 5.74) is 0. The molecule has 0 fully saturated rings. The number of esters is 1. The summed E-state index contributed by atoms with van der Waals surface area (Å²) in [7, 11) is -3.07. The quantitative estimate of drug-likeness (QED) is 0.466. The van der Waals surface area contributed by atoms with Crippen LogP contribution in [0.4, 0.5) is 0 Å².